The Morgan fingerprint density at radius 1 is 0.625 bits per heavy atom. The number of nitrogens with zero attached hydrogens (tertiary/aromatic N) is 6. The van der Waals surface area contributed by atoms with Gasteiger partial charge in [0, 0.05) is 12.8 Å². The van der Waals surface area contributed by atoms with Crippen LogP contribution in [0.3, 0.4) is 0 Å². The first kappa shape index (κ1) is 25.5. The molecule has 2 fully saturated rings. The van der Waals surface area contributed by atoms with Crippen molar-refractivity contribution < 1.29 is 19.0 Å². The molecule has 0 unspecified atom stereocenters. The fraction of sp³-hybridized carbons (Fsp3) is 0.467. The molecule has 0 spiro atoms. The van der Waals surface area contributed by atoms with Gasteiger partial charge in [0.2, 0.25) is 0 Å². The Morgan fingerprint density at radius 3 is 1.35 bits per heavy atom. The first-order chi connectivity index (χ1) is 19.5. The average molecular weight is 547 g/mol. The lowest BCUT2D eigenvalue weighted by molar-refractivity contribution is 0.142. The van der Waals surface area contributed by atoms with Crippen LogP contribution in [0.25, 0.3) is 0 Å². The van der Waals surface area contributed by atoms with Crippen LogP contribution < -0.4 is 0 Å². The predicted octanol–water partition coefficient (Wildman–Crippen LogP) is 5.45. The van der Waals surface area contributed by atoms with E-state index in [9.17, 15) is 19.0 Å². The van der Waals surface area contributed by atoms with Crippen LogP contribution in [0, 0.1) is 11.8 Å². The van der Waals surface area contributed by atoms with Gasteiger partial charge in [-0.25, -0.2) is 28.1 Å². The zero-order valence-electron chi connectivity index (χ0n) is 22.0. The summed E-state index contributed by atoms with van der Waals surface area (Å²) in [6, 6.07) is 19.3. The van der Waals surface area contributed by atoms with Gasteiger partial charge in [-0.1, -0.05) is 60.7 Å². The quantitative estimate of drug-likeness (QED) is 0.334. The van der Waals surface area contributed by atoms with Crippen molar-refractivity contribution in [3.05, 3.63) is 95.1 Å². The van der Waals surface area contributed by atoms with E-state index in [1.807, 2.05) is 60.7 Å². The van der Waals surface area contributed by atoms with Crippen molar-refractivity contribution in [1.29, 1.82) is 0 Å². The Morgan fingerprint density at radius 2 is 1.00 bits per heavy atom. The minimum Gasteiger partial charge on any atom is -0.385 e. The summed E-state index contributed by atoms with van der Waals surface area (Å²) in [5.74, 6) is 1.98. The summed E-state index contributed by atoms with van der Waals surface area (Å²) in [7, 11) is 0. The van der Waals surface area contributed by atoms with Gasteiger partial charge in [0.15, 0.2) is 35.6 Å². The monoisotopic (exact) mass is 546 g/mol. The summed E-state index contributed by atoms with van der Waals surface area (Å²) >= 11 is 0. The Bertz CT molecular complexity index is 1360. The normalized spacial score (nSPS) is 26.5. The van der Waals surface area contributed by atoms with E-state index in [1.54, 1.807) is 9.36 Å². The van der Waals surface area contributed by atoms with Crippen LogP contribution in [0.5, 0.6) is 0 Å². The van der Waals surface area contributed by atoms with Crippen LogP contribution in [0.4, 0.5) is 8.78 Å². The molecule has 0 amide bonds. The lowest BCUT2D eigenvalue weighted by Gasteiger charge is -2.12. The van der Waals surface area contributed by atoms with Crippen molar-refractivity contribution in [3.63, 3.8) is 0 Å². The third-order valence-electron chi connectivity index (χ3n) is 8.39. The molecule has 208 valence electrons. The fourth-order valence-electron chi connectivity index (χ4n) is 5.79. The second-order valence-electron chi connectivity index (χ2n) is 11.4. The molecule has 6 atom stereocenters. The number of hydrogen-bond acceptors (Lipinski definition) is 6. The molecule has 2 aromatic carbocycles. The molecule has 0 bridgehead atoms. The van der Waals surface area contributed by atoms with Gasteiger partial charge in [0.05, 0.1) is 12.1 Å². The van der Waals surface area contributed by atoms with Gasteiger partial charge < -0.3 is 10.2 Å². The molecule has 4 aromatic rings. The molecule has 10 heteroatoms. The Labute approximate surface area is 230 Å². The molecule has 0 radical (unpaired) electrons. The smallest absolute Gasteiger partial charge is 0.179 e. The lowest BCUT2D eigenvalue weighted by Crippen LogP contribution is -2.09. The van der Waals surface area contributed by atoms with E-state index in [2.05, 4.69) is 20.2 Å². The number of alkyl halides is 2. The second kappa shape index (κ2) is 10.2. The number of fused-ring (bicyclic) bond motifs is 2. The molecule has 4 aliphatic rings. The number of rotatable bonds is 6. The predicted molar refractivity (Wildman–Crippen MR) is 142 cm³/mol. The molecule has 4 heterocycles. The standard InChI is InChI=1S/2C15H16FN3O/c2*16-11-8-12(9-4-2-1-3-5-9)19-15(11)17-14(18-19)13(20)10-6-7-10/h2*1-5,10-13,20H,6-8H2/t11-,12-,13+;11-,12-,13-/m00/s1. The molecular formula is C30H32F2N6O2. The van der Waals surface area contributed by atoms with Gasteiger partial charge in [-0.05, 0) is 48.6 Å². The number of aliphatic hydroxyl groups is 2. The molecular weight excluding hydrogens is 514 g/mol. The number of aliphatic hydroxyl groups excluding tert-OH is 2. The minimum absolute atomic E-state index is 0.117. The van der Waals surface area contributed by atoms with Crippen molar-refractivity contribution in [2.45, 2.75) is 75.2 Å². The third kappa shape index (κ3) is 4.73. The van der Waals surface area contributed by atoms with Gasteiger partial charge in [-0.15, -0.1) is 0 Å². The van der Waals surface area contributed by atoms with Crippen molar-refractivity contribution in [3.8, 4) is 0 Å². The molecule has 2 aromatic heterocycles. The minimum atomic E-state index is -1.10. The largest absolute Gasteiger partial charge is 0.385 e. The molecule has 40 heavy (non-hydrogen) atoms. The van der Waals surface area contributed by atoms with E-state index in [0.29, 0.717) is 36.1 Å². The van der Waals surface area contributed by atoms with Gasteiger partial charge in [0.1, 0.15) is 12.2 Å². The van der Waals surface area contributed by atoms with Gasteiger partial charge in [-0.2, -0.15) is 10.2 Å². The highest BCUT2D eigenvalue weighted by atomic mass is 19.1. The topological polar surface area (TPSA) is 102 Å². The first-order valence-electron chi connectivity index (χ1n) is 14.1. The maximum absolute atomic E-state index is 14.1. The molecule has 8 rings (SSSR count). The Kier molecular flexibility index (Phi) is 6.47. The van der Waals surface area contributed by atoms with E-state index in [0.717, 1.165) is 36.8 Å². The fourth-order valence-corrected chi connectivity index (χ4v) is 5.79. The summed E-state index contributed by atoms with van der Waals surface area (Å²) in [5, 5.41) is 29.0. The number of hydrogen-bond donors (Lipinski definition) is 2. The summed E-state index contributed by atoms with van der Waals surface area (Å²) in [4.78, 5) is 8.47. The zero-order chi connectivity index (χ0) is 27.4. The van der Waals surface area contributed by atoms with Crippen LogP contribution in [-0.2, 0) is 0 Å². The molecule has 2 aliphatic carbocycles. The molecule has 2 aliphatic heterocycles. The Hall–Kier alpha value is -3.50. The van der Waals surface area contributed by atoms with Crippen LogP contribution in [0.2, 0.25) is 0 Å². The summed E-state index contributed by atoms with van der Waals surface area (Å²) in [6.07, 6.45) is 1.28. The van der Waals surface area contributed by atoms with E-state index in [-0.39, 0.29) is 23.9 Å². The summed E-state index contributed by atoms with van der Waals surface area (Å²) < 4.78 is 31.6. The van der Waals surface area contributed by atoms with E-state index >= 15 is 0 Å². The summed E-state index contributed by atoms with van der Waals surface area (Å²) in [6.45, 7) is 0. The number of benzene rings is 2. The highest BCUT2D eigenvalue weighted by Gasteiger charge is 2.40. The maximum atomic E-state index is 14.1. The third-order valence-corrected chi connectivity index (χ3v) is 8.39. The van der Waals surface area contributed by atoms with E-state index < -0.39 is 24.6 Å². The Balaban J connectivity index is 0.000000132. The average Bonchev–Trinajstić information content (AvgIpc) is 3.87. The van der Waals surface area contributed by atoms with Crippen LogP contribution in [0.1, 0.15) is 110 Å². The highest BCUT2D eigenvalue weighted by Crippen LogP contribution is 2.45. The van der Waals surface area contributed by atoms with E-state index in [4.69, 9.17) is 0 Å². The summed E-state index contributed by atoms with van der Waals surface area (Å²) in [5.41, 5.74) is 2.07. The van der Waals surface area contributed by atoms with Crippen molar-refractivity contribution in [2.75, 3.05) is 0 Å². The number of halogens is 2. The van der Waals surface area contributed by atoms with Crippen LogP contribution in [0.15, 0.2) is 60.7 Å². The molecule has 2 saturated carbocycles. The zero-order valence-corrected chi connectivity index (χ0v) is 22.0. The second-order valence-corrected chi connectivity index (χ2v) is 11.4. The van der Waals surface area contributed by atoms with Crippen molar-refractivity contribution in [2.24, 2.45) is 11.8 Å². The maximum Gasteiger partial charge on any atom is 0.179 e. The SMILES string of the molecule is O[C@@H](c1nc2n(n1)[C@H](c1ccccc1)C[C@@H]2F)C1CC1.O[C@H](c1nc2n(n1)[C@H](c1ccccc1)C[C@@H]2F)C1CC1. The van der Waals surface area contributed by atoms with Gasteiger partial charge in [-0.3, -0.25) is 0 Å². The highest BCUT2D eigenvalue weighted by molar-refractivity contribution is 5.25. The van der Waals surface area contributed by atoms with Gasteiger partial charge in [0.25, 0.3) is 0 Å². The number of aromatic nitrogens is 6. The van der Waals surface area contributed by atoms with Gasteiger partial charge >= 0.3 is 0 Å². The molecule has 2 N–H and O–H groups in total. The van der Waals surface area contributed by atoms with E-state index in [1.165, 1.54) is 0 Å². The lowest BCUT2D eigenvalue weighted by atomic mass is 10.0. The van der Waals surface area contributed by atoms with Crippen molar-refractivity contribution >= 4 is 0 Å². The molecule has 0 saturated heterocycles. The van der Waals surface area contributed by atoms with Crippen LogP contribution in [-0.4, -0.2) is 39.7 Å². The van der Waals surface area contributed by atoms with Crippen LogP contribution >= 0.6 is 0 Å². The van der Waals surface area contributed by atoms with Crippen molar-refractivity contribution in [1.82, 2.24) is 29.5 Å². The first-order valence-corrected chi connectivity index (χ1v) is 14.1. The molecule has 8 nitrogen and oxygen atoms in total.